The quantitative estimate of drug-likeness (QED) is 0.523. The number of benzene rings is 2. The molecule has 5 rings (SSSR count). The zero-order valence-electron chi connectivity index (χ0n) is 18.1. The number of unbranched alkanes of at least 4 members (excludes halogenated alkanes) is 2. The Kier molecular flexibility index (Phi) is 6.24. The Morgan fingerprint density at radius 1 is 1.09 bits per heavy atom. The first-order valence-electron chi connectivity index (χ1n) is 11.0. The summed E-state index contributed by atoms with van der Waals surface area (Å²) in [5.41, 5.74) is 1.28. The van der Waals surface area contributed by atoms with E-state index in [4.69, 9.17) is 26.1 Å². The Bertz CT molecular complexity index is 1350. The first-order valence-corrected chi connectivity index (χ1v) is 12.4. The van der Waals surface area contributed by atoms with Gasteiger partial charge in [-0.3, -0.25) is 10.1 Å². The van der Waals surface area contributed by atoms with Crippen molar-refractivity contribution < 1.29 is 9.21 Å². The van der Waals surface area contributed by atoms with Gasteiger partial charge in [-0.2, -0.15) is 0 Å². The third-order valence-corrected chi connectivity index (χ3v) is 6.80. The smallest absolute Gasteiger partial charge is 0.276 e. The molecule has 1 atom stereocenters. The van der Waals surface area contributed by atoms with Crippen LogP contribution in [-0.2, 0) is 4.79 Å². The van der Waals surface area contributed by atoms with Crippen molar-refractivity contribution in [3.63, 3.8) is 0 Å². The number of carbonyl (C=O) groups excluding carboxylic acids is 1. The molecule has 3 aromatic rings. The van der Waals surface area contributed by atoms with Crippen LogP contribution in [0.3, 0.4) is 0 Å². The molecule has 0 fully saturated rings. The predicted octanol–water partition coefficient (Wildman–Crippen LogP) is 4.67. The molecule has 2 aliphatic rings. The van der Waals surface area contributed by atoms with E-state index in [9.17, 15) is 4.79 Å². The first-order chi connectivity index (χ1) is 16.2. The van der Waals surface area contributed by atoms with Gasteiger partial charge in [-0.25, -0.2) is 10.0 Å². The molecule has 33 heavy (non-hydrogen) atoms. The molecule has 2 aliphatic heterocycles. The van der Waals surface area contributed by atoms with Gasteiger partial charge in [0, 0.05) is 16.5 Å². The lowest BCUT2D eigenvalue weighted by Gasteiger charge is -2.32. The highest BCUT2D eigenvalue weighted by molar-refractivity contribution is 8.13. The lowest BCUT2D eigenvalue weighted by atomic mass is 10.1. The van der Waals surface area contributed by atoms with Crippen LogP contribution in [0.1, 0.15) is 38.1 Å². The number of para-hydroxylation sites is 1. The lowest BCUT2D eigenvalue weighted by molar-refractivity contribution is -0.116. The molecule has 2 aromatic carbocycles. The Labute approximate surface area is 201 Å². The van der Waals surface area contributed by atoms with E-state index >= 15 is 0 Å². The molecule has 1 amide bonds. The van der Waals surface area contributed by atoms with Crippen LogP contribution in [0.4, 0.5) is 0 Å². The maximum absolute atomic E-state index is 13.2. The SMILES string of the molecule is CCCCCSC1=NN2C(=c3ccccc3=N[C@@H]2c2ccc(-c3ccccc3Cl)o2)C(=O)N1. The van der Waals surface area contributed by atoms with E-state index < -0.39 is 6.17 Å². The van der Waals surface area contributed by atoms with E-state index in [1.165, 1.54) is 0 Å². The molecule has 0 spiro atoms. The van der Waals surface area contributed by atoms with E-state index in [2.05, 4.69) is 12.2 Å². The van der Waals surface area contributed by atoms with Gasteiger partial charge >= 0.3 is 0 Å². The molecule has 0 saturated carbocycles. The number of halogens is 1. The number of hydrogen-bond donors (Lipinski definition) is 1. The summed E-state index contributed by atoms with van der Waals surface area (Å²) < 4.78 is 6.20. The van der Waals surface area contributed by atoms with Gasteiger partial charge in [0.05, 0.1) is 10.4 Å². The Morgan fingerprint density at radius 2 is 1.91 bits per heavy atom. The van der Waals surface area contributed by atoms with Gasteiger partial charge in [-0.15, -0.1) is 5.10 Å². The van der Waals surface area contributed by atoms with E-state index in [-0.39, 0.29) is 5.91 Å². The van der Waals surface area contributed by atoms with E-state index in [0.717, 1.165) is 41.2 Å². The molecule has 168 valence electrons. The molecule has 1 aromatic heterocycles. The summed E-state index contributed by atoms with van der Waals surface area (Å²) in [6.07, 6.45) is 2.77. The predicted molar refractivity (Wildman–Crippen MR) is 132 cm³/mol. The molecule has 6 nitrogen and oxygen atoms in total. The van der Waals surface area contributed by atoms with Gasteiger partial charge in [-0.1, -0.05) is 73.5 Å². The number of amidine groups is 1. The highest BCUT2D eigenvalue weighted by Crippen LogP contribution is 2.35. The number of amides is 1. The van der Waals surface area contributed by atoms with Crippen LogP contribution < -0.4 is 15.9 Å². The zero-order chi connectivity index (χ0) is 22.8. The highest BCUT2D eigenvalue weighted by Gasteiger charge is 2.36. The fourth-order valence-electron chi connectivity index (χ4n) is 3.90. The molecule has 1 N–H and O–H groups in total. The highest BCUT2D eigenvalue weighted by atomic mass is 35.5. The summed E-state index contributed by atoms with van der Waals surface area (Å²) >= 11 is 7.92. The Balaban J connectivity index is 1.56. The van der Waals surface area contributed by atoms with E-state index in [0.29, 0.717) is 27.4 Å². The summed E-state index contributed by atoms with van der Waals surface area (Å²) in [6.45, 7) is 2.17. The minimum Gasteiger partial charge on any atom is -0.457 e. The maximum atomic E-state index is 13.2. The lowest BCUT2D eigenvalue weighted by Crippen LogP contribution is -2.50. The summed E-state index contributed by atoms with van der Waals surface area (Å²) in [7, 11) is 0. The van der Waals surface area contributed by atoms with Crippen LogP contribution in [0.2, 0.25) is 5.02 Å². The zero-order valence-corrected chi connectivity index (χ0v) is 19.7. The average molecular weight is 479 g/mol. The minimum atomic E-state index is -0.594. The number of rotatable bonds is 6. The molecular weight excluding hydrogens is 456 g/mol. The minimum absolute atomic E-state index is 0.187. The molecule has 0 radical (unpaired) electrons. The number of fused-ring (bicyclic) bond motifs is 2. The molecule has 0 aliphatic carbocycles. The van der Waals surface area contributed by atoms with Crippen molar-refractivity contribution in [3.05, 3.63) is 82.0 Å². The number of nitrogens with zero attached hydrogens (tertiary/aromatic N) is 3. The fraction of sp³-hybridized carbons (Fsp3) is 0.240. The fourth-order valence-corrected chi connectivity index (χ4v) is 4.98. The molecule has 0 saturated heterocycles. The van der Waals surface area contributed by atoms with Crippen LogP contribution in [0.25, 0.3) is 17.0 Å². The van der Waals surface area contributed by atoms with Crippen molar-refractivity contribution in [1.29, 1.82) is 0 Å². The molecule has 8 heteroatoms. The Morgan fingerprint density at radius 3 is 2.76 bits per heavy atom. The largest absolute Gasteiger partial charge is 0.457 e. The van der Waals surface area contributed by atoms with Gasteiger partial charge in [0.1, 0.15) is 11.5 Å². The number of carbonyl (C=O) groups is 1. The van der Waals surface area contributed by atoms with Crippen molar-refractivity contribution in [2.75, 3.05) is 5.75 Å². The third-order valence-electron chi connectivity index (χ3n) is 5.52. The van der Waals surface area contributed by atoms with Crippen LogP contribution in [0.5, 0.6) is 0 Å². The molecule has 0 unspecified atom stereocenters. The normalized spacial score (nSPS) is 17.1. The number of thioether (sulfide) groups is 1. The monoisotopic (exact) mass is 478 g/mol. The van der Waals surface area contributed by atoms with E-state index in [1.807, 2.05) is 60.7 Å². The molecule has 3 heterocycles. The average Bonchev–Trinajstić information content (AvgIpc) is 3.31. The van der Waals surface area contributed by atoms with Gasteiger partial charge in [0.25, 0.3) is 5.91 Å². The second kappa shape index (κ2) is 9.45. The van der Waals surface area contributed by atoms with Crippen LogP contribution >= 0.6 is 23.4 Å². The number of hydrazone groups is 1. The van der Waals surface area contributed by atoms with Gasteiger partial charge in [0.15, 0.2) is 10.9 Å². The second-order valence-electron chi connectivity index (χ2n) is 7.81. The summed E-state index contributed by atoms with van der Waals surface area (Å²) in [6, 6.07) is 18.9. The van der Waals surface area contributed by atoms with Crippen LogP contribution in [-0.4, -0.2) is 21.8 Å². The van der Waals surface area contributed by atoms with Crippen molar-refractivity contribution in [1.82, 2.24) is 10.3 Å². The first kappa shape index (κ1) is 21.8. The maximum Gasteiger partial charge on any atom is 0.276 e. The van der Waals surface area contributed by atoms with Crippen molar-refractivity contribution in [3.8, 4) is 11.3 Å². The van der Waals surface area contributed by atoms with Gasteiger partial charge in [0.2, 0.25) is 6.17 Å². The summed E-state index contributed by atoms with van der Waals surface area (Å²) in [5, 5.41) is 12.1. The molecule has 0 bridgehead atoms. The Hall–Kier alpha value is -3.03. The number of furan rings is 1. The van der Waals surface area contributed by atoms with Crippen LogP contribution in [0, 0.1) is 0 Å². The number of hydrogen-bond acceptors (Lipinski definition) is 6. The van der Waals surface area contributed by atoms with Crippen molar-refractivity contribution >= 4 is 40.1 Å². The van der Waals surface area contributed by atoms with Crippen molar-refractivity contribution in [2.45, 2.75) is 32.4 Å². The standard InChI is InChI=1S/C25H23ClN4O2S/c1-2-3-8-15-33-25-28-24(31)22-17-10-5-7-12-19(17)27-23(30(22)29-25)21-14-13-20(32-21)16-9-4-6-11-18(16)26/h4-7,9-14,23H,2-3,8,15H2,1H3,(H,28,29,31)/t23-/m0/s1. The molecular formula is C25H23ClN4O2S. The topological polar surface area (TPSA) is 70.2 Å². The summed E-state index contributed by atoms with van der Waals surface area (Å²) in [5.74, 6) is 1.94. The third kappa shape index (κ3) is 4.30. The van der Waals surface area contributed by atoms with Gasteiger partial charge < -0.3 is 4.42 Å². The van der Waals surface area contributed by atoms with Crippen molar-refractivity contribution in [2.24, 2.45) is 10.1 Å². The second-order valence-corrected chi connectivity index (χ2v) is 9.30. The van der Waals surface area contributed by atoms with E-state index in [1.54, 1.807) is 16.8 Å². The summed E-state index contributed by atoms with van der Waals surface area (Å²) in [4.78, 5) is 18.1. The van der Waals surface area contributed by atoms with Crippen LogP contribution in [0.15, 0.2) is 75.2 Å². The number of nitrogens with one attached hydrogen (secondary N) is 1. The van der Waals surface area contributed by atoms with Gasteiger partial charge in [-0.05, 0) is 36.8 Å².